The number of carbonyl (C=O) groups excluding carboxylic acids is 1. The molecule has 2 aromatic carbocycles. The Hall–Kier alpha value is -3.11. The number of aromatic nitrogens is 2. The number of halogens is 3. The van der Waals surface area contributed by atoms with E-state index in [2.05, 4.69) is 15.3 Å². The predicted octanol–water partition coefficient (Wildman–Crippen LogP) is 5.07. The molecule has 3 aromatic rings. The molecule has 0 aliphatic carbocycles. The lowest BCUT2D eigenvalue weighted by atomic mass is 9.84. The summed E-state index contributed by atoms with van der Waals surface area (Å²) in [5.41, 5.74) is 1.63. The van der Waals surface area contributed by atoms with E-state index in [-0.39, 0.29) is 24.1 Å². The average Bonchev–Trinajstić information content (AvgIpc) is 3.42. The van der Waals surface area contributed by atoms with Gasteiger partial charge in [-0.15, -0.1) is 0 Å². The number of amidine groups is 1. The zero-order valence-corrected chi connectivity index (χ0v) is 21.1. The van der Waals surface area contributed by atoms with Gasteiger partial charge in [0.2, 0.25) is 0 Å². The average molecular weight is 526 g/mol. The van der Waals surface area contributed by atoms with E-state index in [1.165, 1.54) is 23.9 Å². The summed E-state index contributed by atoms with van der Waals surface area (Å²) in [5.74, 6) is 0.425. The van der Waals surface area contributed by atoms with Crippen molar-refractivity contribution in [2.24, 2.45) is 10.9 Å². The van der Waals surface area contributed by atoms with Gasteiger partial charge in [-0.25, -0.2) is 0 Å². The van der Waals surface area contributed by atoms with Crippen molar-refractivity contribution < 1.29 is 18.0 Å². The van der Waals surface area contributed by atoms with Crippen LogP contribution in [0.2, 0.25) is 0 Å². The molecule has 4 fully saturated rings. The van der Waals surface area contributed by atoms with Gasteiger partial charge in [0.15, 0.2) is 5.17 Å². The lowest BCUT2D eigenvalue weighted by Crippen LogP contribution is -2.50. The van der Waals surface area contributed by atoms with Crippen molar-refractivity contribution in [3.8, 4) is 0 Å². The maximum atomic E-state index is 13.6. The van der Waals surface area contributed by atoms with Crippen molar-refractivity contribution in [3.63, 3.8) is 0 Å². The number of amides is 1. The first-order valence-electron chi connectivity index (χ1n) is 12.4. The molecule has 6 nitrogen and oxygen atoms in total. The fourth-order valence-corrected chi connectivity index (χ4v) is 6.32. The van der Waals surface area contributed by atoms with Crippen LogP contribution in [0.3, 0.4) is 0 Å². The van der Waals surface area contributed by atoms with E-state index in [0.29, 0.717) is 21.6 Å². The fourth-order valence-electron chi connectivity index (χ4n) is 5.45. The Balaban J connectivity index is 1.21. The summed E-state index contributed by atoms with van der Waals surface area (Å²) in [6.45, 7) is 4.90. The largest absolute Gasteiger partial charge is 0.416 e. The van der Waals surface area contributed by atoms with E-state index < -0.39 is 11.7 Å². The summed E-state index contributed by atoms with van der Waals surface area (Å²) in [6.07, 6.45) is 1.36. The Bertz CT molecular complexity index is 1440. The molecule has 0 spiro atoms. The first-order valence-corrected chi connectivity index (χ1v) is 13.2. The number of fused-ring (bicyclic) bond motifs is 4. The molecule has 10 heteroatoms. The van der Waals surface area contributed by atoms with Gasteiger partial charge in [0.05, 0.1) is 34.8 Å². The third-order valence-corrected chi connectivity index (χ3v) is 8.33. The zero-order chi connectivity index (χ0) is 25.7. The van der Waals surface area contributed by atoms with Gasteiger partial charge in [-0.2, -0.15) is 18.3 Å². The highest BCUT2D eigenvalue weighted by molar-refractivity contribution is 8.18. The zero-order valence-electron chi connectivity index (χ0n) is 20.3. The van der Waals surface area contributed by atoms with Gasteiger partial charge >= 0.3 is 6.18 Å². The first kappa shape index (κ1) is 24.2. The maximum absolute atomic E-state index is 13.6. The number of aliphatic imine (C=N–C) groups is 1. The highest BCUT2D eigenvalue weighted by atomic mass is 32.2. The molecule has 1 N–H and O–H groups in total. The van der Waals surface area contributed by atoms with Gasteiger partial charge in [0, 0.05) is 11.9 Å². The molecule has 7 rings (SSSR count). The van der Waals surface area contributed by atoms with E-state index in [0.717, 1.165) is 48.9 Å². The van der Waals surface area contributed by atoms with Crippen molar-refractivity contribution >= 4 is 39.8 Å². The summed E-state index contributed by atoms with van der Waals surface area (Å²) >= 11 is 1.36. The highest BCUT2D eigenvalue weighted by Crippen LogP contribution is 2.34. The number of thioether (sulfide) groups is 1. The standard InChI is InChI=1S/C27H26F3N5OS/c1-16-2-4-19(21(10-16)27(28,29)30)14-35-23-5-3-17(11-20(23)13-31-35)12-24-25(36)33-26(37-24)32-22-15-34-8-6-18(22)7-9-34/h2-5,10-13,18,22H,6-9,14-15H2,1H3,(H,32,33,36)/b24-12-/t22-/m1/s1. The second kappa shape index (κ2) is 9.33. The highest BCUT2D eigenvalue weighted by Gasteiger charge is 2.36. The van der Waals surface area contributed by atoms with Crippen LogP contribution in [0.1, 0.15) is 35.1 Å². The van der Waals surface area contributed by atoms with E-state index in [1.807, 2.05) is 24.3 Å². The number of carbonyl (C=O) groups is 1. The van der Waals surface area contributed by atoms with Crippen LogP contribution in [-0.4, -0.2) is 51.4 Å². The molecule has 4 aliphatic heterocycles. The quantitative estimate of drug-likeness (QED) is 0.484. The van der Waals surface area contributed by atoms with E-state index >= 15 is 0 Å². The molecule has 1 amide bonds. The number of alkyl halides is 3. The lowest BCUT2D eigenvalue weighted by Gasteiger charge is -2.43. The predicted molar refractivity (Wildman–Crippen MR) is 139 cm³/mol. The molecule has 1 aromatic heterocycles. The minimum Gasteiger partial charge on any atom is -0.301 e. The number of piperidine rings is 3. The van der Waals surface area contributed by atoms with Crippen LogP contribution < -0.4 is 5.32 Å². The third kappa shape index (κ3) is 4.92. The van der Waals surface area contributed by atoms with E-state index in [9.17, 15) is 18.0 Å². The van der Waals surface area contributed by atoms with Crippen molar-refractivity contribution in [1.82, 2.24) is 20.0 Å². The first-order chi connectivity index (χ1) is 17.7. The molecule has 4 aliphatic rings. The molecule has 0 saturated carbocycles. The molecule has 5 heterocycles. The van der Waals surface area contributed by atoms with Gasteiger partial charge in [0.25, 0.3) is 5.91 Å². The van der Waals surface area contributed by atoms with Crippen LogP contribution in [0, 0.1) is 12.8 Å². The molecule has 1 atom stereocenters. The Morgan fingerprint density at radius 1 is 1.19 bits per heavy atom. The number of benzene rings is 2. The van der Waals surface area contributed by atoms with Gasteiger partial charge < -0.3 is 10.2 Å². The summed E-state index contributed by atoms with van der Waals surface area (Å²) in [7, 11) is 0. The van der Waals surface area contributed by atoms with Gasteiger partial charge in [-0.1, -0.05) is 23.8 Å². The minimum atomic E-state index is -4.43. The molecule has 37 heavy (non-hydrogen) atoms. The maximum Gasteiger partial charge on any atom is 0.416 e. The SMILES string of the molecule is Cc1ccc(Cn2ncc3cc(/C=C4\SC(=N[C@@H]5CN6CCC5CC6)NC4=O)ccc32)c(C(F)(F)F)c1. The number of nitrogens with one attached hydrogen (secondary N) is 1. The normalized spacial score (nSPS) is 25.9. The Morgan fingerprint density at radius 3 is 2.73 bits per heavy atom. The van der Waals surface area contributed by atoms with Crippen molar-refractivity contribution in [3.05, 3.63) is 69.8 Å². The summed E-state index contributed by atoms with van der Waals surface area (Å²) in [5, 5.41) is 8.69. The van der Waals surface area contributed by atoms with Gasteiger partial charge in [-0.05, 0) is 85.9 Å². The number of aryl methyl sites for hydroxylation is 1. The summed E-state index contributed by atoms with van der Waals surface area (Å²) < 4.78 is 42.3. The minimum absolute atomic E-state index is 0.0106. The van der Waals surface area contributed by atoms with Crippen LogP contribution in [0.4, 0.5) is 13.2 Å². The number of nitrogens with zero attached hydrogens (tertiary/aromatic N) is 4. The molecule has 0 radical (unpaired) electrons. The summed E-state index contributed by atoms with van der Waals surface area (Å²) in [6, 6.07) is 10.2. The topological polar surface area (TPSA) is 62.5 Å². The molecular formula is C27H26F3N5OS. The van der Waals surface area contributed by atoms with Gasteiger partial charge in [0.1, 0.15) is 0 Å². The van der Waals surface area contributed by atoms with Crippen LogP contribution in [0.15, 0.2) is 52.5 Å². The van der Waals surface area contributed by atoms with Crippen LogP contribution in [-0.2, 0) is 17.5 Å². The van der Waals surface area contributed by atoms with E-state index in [4.69, 9.17) is 4.99 Å². The number of hydrogen-bond acceptors (Lipinski definition) is 5. The Kier molecular flexibility index (Phi) is 6.11. The van der Waals surface area contributed by atoms with Crippen LogP contribution in [0.25, 0.3) is 17.0 Å². The monoisotopic (exact) mass is 525 g/mol. The van der Waals surface area contributed by atoms with E-state index in [1.54, 1.807) is 23.9 Å². The van der Waals surface area contributed by atoms with Crippen molar-refractivity contribution in [2.45, 2.75) is 38.5 Å². The van der Waals surface area contributed by atoms with Crippen molar-refractivity contribution in [2.75, 3.05) is 19.6 Å². The van der Waals surface area contributed by atoms with Crippen molar-refractivity contribution in [1.29, 1.82) is 0 Å². The lowest BCUT2D eigenvalue weighted by molar-refractivity contribution is -0.138. The number of rotatable bonds is 4. The van der Waals surface area contributed by atoms with Crippen LogP contribution >= 0.6 is 11.8 Å². The van der Waals surface area contributed by atoms with Crippen LogP contribution in [0.5, 0.6) is 0 Å². The molecular weight excluding hydrogens is 499 g/mol. The Labute approximate surface area is 216 Å². The smallest absolute Gasteiger partial charge is 0.301 e. The summed E-state index contributed by atoms with van der Waals surface area (Å²) in [4.78, 5) is 20.5. The second-order valence-corrected chi connectivity index (χ2v) is 11.0. The second-order valence-electron chi connectivity index (χ2n) is 9.98. The number of hydrogen-bond donors (Lipinski definition) is 1. The Morgan fingerprint density at radius 2 is 2.00 bits per heavy atom. The molecule has 192 valence electrons. The third-order valence-electron chi connectivity index (χ3n) is 7.41. The molecule has 0 unspecified atom stereocenters. The molecule has 4 saturated heterocycles. The van der Waals surface area contributed by atoms with Gasteiger partial charge in [-0.3, -0.25) is 14.5 Å². The molecule has 2 bridgehead atoms. The fraction of sp³-hybridized carbons (Fsp3) is 0.370.